The van der Waals surface area contributed by atoms with Crippen molar-refractivity contribution in [1.82, 2.24) is 24.6 Å². The summed E-state index contributed by atoms with van der Waals surface area (Å²) in [6.45, 7) is 2.63. The van der Waals surface area contributed by atoms with Crippen molar-refractivity contribution in [3.8, 4) is 11.5 Å². The molecule has 0 unspecified atom stereocenters. The Morgan fingerprint density at radius 2 is 2.03 bits per heavy atom. The number of amides is 2. The Bertz CT molecular complexity index is 1210. The summed E-state index contributed by atoms with van der Waals surface area (Å²) < 4.78 is 21.4. The molecule has 0 bridgehead atoms. The van der Waals surface area contributed by atoms with Gasteiger partial charge in [-0.2, -0.15) is 0 Å². The van der Waals surface area contributed by atoms with Crippen LogP contribution in [0.4, 0.5) is 10.2 Å². The number of hydrogen-bond acceptors (Lipinski definition) is 7. The second kappa shape index (κ2) is 10.1. The monoisotopic (exact) mass is 468 g/mol. The maximum atomic E-state index is 14.8. The van der Waals surface area contributed by atoms with E-state index >= 15 is 0 Å². The Morgan fingerprint density at radius 1 is 1.26 bits per heavy atom. The van der Waals surface area contributed by atoms with Crippen molar-refractivity contribution in [3.05, 3.63) is 59.2 Å². The molecule has 2 aromatic heterocycles. The third kappa shape index (κ3) is 4.80. The smallest absolute Gasteiger partial charge is 0.259 e. The molecule has 11 heteroatoms. The van der Waals surface area contributed by atoms with E-state index < -0.39 is 11.7 Å². The minimum absolute atomic E-state index is 0.0890. The van der Waals surface area contributed by atoms with E-state index in [1.165, 1.54) is 25.6 Å². The van der Waals surface area contributed by atoms with Crippen LogP contribution in [0.5, 0.6) is 0 Å². The second-order valence-electron chi connectivity index (χ2n) is 8.05. The Balaban J connectivity index is 1.51. The van der Waals surface area contributed by atoms with E-state index in [9.17, 15) is 19.1 Å². The molecule has 178 valence electrons. The average Bonchev–Trinajstić information content (AvgIpc) is 3.48. The summed E-state index contributed by atoms with van der Waals surface area (Å²) in [4.78, 5) is 31.1. The first-order valence-corrected chi connectivity index (χ1v) is 10.8. The molecule has 0 saturated heterocycles. The van der Waals surface area contributed by atoms with E-state index in [1.54, 1.807) is 34.6 Å². The van der Waals surface area contributed by atoms with Gasteiger partial charge in [0.15, 0.2) is 5.82 Å². The highest BCUT2D eigenvalue weighted by Crippen LogP contribution is 2.27. The van der Waals surface area contributed by atoms with Crippen LogP contribution in [-0.4, -0.2) is 61.9 Å². The van der Waals surface area contributed by atoms with Gasteiger partial charge < -0.3 is 24.6 Å². The van der Waals surface area contributed by atoms with Crippen LogP contribution in [0.2, 0.25) is 0 Å². The summed E-state index contributed by atoms with van der Waals surface area (Å²) in [5.41, 5.74) is 1.71. The van der Waals surface area contributed by atoms with E-state index in [0.29, 0.717) is 36.8 Å². The van der Waals surface area contributed by atoms with Gasteiger partial charge in [-0.3, -0.25) is 9.59 Å². The first kappa shape index (κ1) is 23.5. The Hall–Kier alpha value is -3.70. The van der Waals surface area contributed by atoms with Crippen LogP contribution in [0.1, 0.15) is 40.9 Å². The van der Waals surface area contributed by atoms with Crippen molar-refractivity contribution < 1.29 is 23.8 Å². The summed E-state index contributed by atoms with van der Waals surface area (Å²) in [6.07, 6.45) is 1.74. The van der Waals surface area contributed by atoms with E-state index in [1.807, 2.05) is 0 Å². The van der Waals surface area contributed by atoms with Gasteiger partial charge in [0, 0.05) is 20.2 Å². The Morgan fingerprint density at radius 3 is 2.76 bits per heavy atom. The van der Waals surface area contributed by atoms with Crippen molar-refractivity contribution in [2.24, 2.45) is 0 Å². The quantitative estimate of drug-likeness (QED) is 0.519. The molecule has 3 heterocycles. The van der Waals surface area contributed by atoms with Gasteiger partial charge in [-0.25, -0.2) is 9.37 Å². The zero-order valence-electron chi connectivity index (χ0n) is 18.9. The average molecular weight is 468 g/mol. The van der Waals surface area contributed by atoms with Gasteiger partial charge >= 0.3 is 0 Å². The lowest BCUT2D eigenvalue weighted by Crippen LogP contribution is -2.26. The molecular formula is C23H25FN6O4. The van der Waals surface area contributed by atoms with Crippen molar-refractivity contribution >= 4 is 17.6 Å². The number of aromatic nitrogens is 4. The minimum Gasteiger partial charge on any atom is -0.394 e. The highest BCUT2D eigenvalue weighted by molar-refractivity contribution is 6.04. The number of fused-ring (bicyclic) bond motifs is 1. The Kier molecular flexibility index (Phi) is 6.94. The van der Waals surface area contributed by atoms with Gasteiger partial charge in [0.25, 0.3) is 5.91 Å². The van der Waals surface area contributed by atoms with Gasteiger partial charge in [0.05, 0.1) is 31.2 Å². The molecule has 1 aliphatic rings. The third-order valence-corrected chi connectivity index (χ3v) is 5.66. The molecule has 0 spiro atoms. The number of ether oxygens (including phenoxy) is 1. The molecule has 0 aliphatic carbocycles. The molecule has 3 aromatic rings. The van der Waals surface area contributed by atoms with E-state index in [2.05, 4.69) is 20.5 Å². The summed E-state index contributed by atoms with van der Waals surface area (Å²) in [7, 11) is 1.53. The number of methoxy groups -OCH3 is 1. The largest absolute Gasteiger partial charge is 0.394 e. The molecule has 2 amide bonds. The lowest BCUT2D eigenvalue weighted by molar-refractivity contribution is -0.132. The molecule has 0 radical (unpaired) electrons. The molecule has 0 saturated carbocycles. The van der Waals surface area contributed by atoms with Crippen LogP contribution in [-0.2, 0) is 22.6 Å². The molecule has 1 aromatic carbocycles. The molecule has 34 heavy (non-hydrogen) atoms. The fourth-order valence-corrected chi connectivity index (χ4v) is 3.77. The molecule has 1 aliphatic heterocycles. The zero-order valence-corrected chi connectivity index (χ0v) is 18.9. The number of carbonyl (C=O) groups is 2. The maximum Gasteiger partial charge on any atom is 0.259 e. The molecule has 2 N–H and O–H groups in total. The predicted molar refractivity (Wildman–Crippen MR) is 120 cm³/mol. The normalized spacial score (nSPS) is 13.6. The van der Waals surface area contributed by atoms with Crippen molar-refractivity contribution in [2.75, 3.05) is 25.6 Å². The van der Waals surface area contributed by atoms with E-state index in [0.717, 1.165) is 5.56 Å². The number of carbonyl (C=O) groups excluding carboxylic acids is 2. The van der Waals surface area contributed by atoms with Crippen LogP contribution in [0.3, 0.4) is 0 Å². The highest BCUT2D eigenvalue weighted by Gasteiger charge is 2.26. The van der Waals surface area contributed by atoms with Crippen LogP contribution in [0.15, 0.2) is 36.7 Å². The molecule has 4 rings (SSSR count). The zero-order chi connectivity index (χ0) is 24.2. The van der Waals surface area contributed by atoms with Gasteiger partial charge in [0.1, 0.15) is 23.7 Å². The second-order valence-corrected chi connectivity index (χ2v) is 8.05. The SMILES string of the molecule is COCCC(=O)N1Cc2cc(F)c(C(=O)Nc3cccc(-c4nncn4[C@H](C)CO)n3)cc2C1. The molecule has 10 nitrogen and oxygen atoms in total. The number of anilines is 1. The number of aliphatic hydroxyl groups excluding tert-OH is 1. The molecular weight excluding hydrogens is 443 g/mol. The number of nitrogens with zero attached hydrogens (tertiary/aromatic N) is 5. The van der Waals surface area contributed by atoms with Crippen molar-refractivity contribution in [2.45, 2.75) is 32.5 Å². The van der Waals surface area contributed by atoms with Crippen LogP contribution in [0.25, 0.3) is 11.5 Å². The summed E-state index contributed by atoms with van der Waals surface area (Å²) in [5, 5.41) is 20.0. The van der Waals surface area contributed by atoms with Crippen LogP contribution >= 0.6 is 0 Å². The summed E-state index contributed by atoms with van der Waals surface area (Å²) in [6, 6.07) is 7.49. The van der Waals surface area contributed by atoms with Gasteiger partial charge in [-0.1, -0.05) is 6.07 Å². The van der Waals surface area contributed by atoms with Gasteiger partial charge in [-0.15, -0.1) is 10.2 Å². The number of pyridine rings is 1. The fraction of sp³-hybridized carbons (Fsp3) is 0.348. The predicted octanol–water partition coefficient (Wildman–Crippen LogP) is 2.16. The van der Waals surface area contributed by atoms with Crippen LogP contribution in [0, 0.1) is 5.82 Å². The van der Waals surface area contributed by atoms with E-state index in [4.69, 9.17) is 4.74 Å². The minimum atomic E-state index is -0.671. The summed E-state index contributed by atoms with van der Waals surface area (Å²) in [5.74, 6) is -0.771. The molecule has 1 atom stereocenters. The van der Waals surface area contributed by atoms with Gasteiger partial charge in [0.2, 0.25) is 5.91 Å². The maximum absolute atomic E-state index is 14.8. The Labute approximate surface area is 195 Å². The first-order chi connectivity index (χ1) is 16.4. The number of aliphatic hydroxyl groups is 1. The number of nitrogens with one attached hydrogen (secondary N) is 1. The van der Waals surface area contributed by atoms with Crippen molar-refractivity contribution in [3.63, 3.8) is 0 Å². The highest BCUT2D eigenvalue weighted by atomic mass is 19.1. The first-order valence-electron chi connectivity index (χ1n) is 10.8. The van der Waals surface area contributed by atoms with Gasteiger partial charge in [-0.05, 0) is 42.3 Å². The lowest BCUT2D eigenvalue weighted by atomic mass is 10.1. The number of halogens is 1. The molecule has 0 fully saturated rings. The number of hydrogen-bond donors (Lipinski definition) is 2. The standard InChI is InChI=1S/C23H25FN6O4/c1-14(12-31)30-13-25-28-22(30)19-4-3-5-20(26-19)27-23(33)17-8-15-10-29(21(32)6-7-34-2)11-16(15)9-18(17)24/h3-5,8-9,13-14,31H,6-7,10-12H2,1-2H3,(H,26,27,33)/t14-/m1/s1. The van der Waals surface area contributed by atoms with E-state index in [-0.39, 0.29) is 36.4 Å². The summed E-state index contributed by atoms with van der Waals surface area (Å²) >= 11 is 0. The number of benzene rings is 1. The van der Waals surface area contributed by atoms with Crippen LogP contribution < -0.4 is 5.32 Å². The third-order valence-electron chi connectivity index (χ3n) is 5.66. The lowest BCUT2D eigenvalue weighted by Gasteiger charge is -2.14. The fourth-order valence-electron chi connectivity index (χ4n) is 3.77. The van der Waals surface area contributed by atoms with Crippen molar-refractivity contribution in [1.29, 1.82) is 0 Å². The topological polar surface area (TPSA) is 122 Å². The number of rotatable bonds is 8.